The van der Waals surface area contributed by atoms with Gasteiger partial charge in [-0.25, -0.2) is 13.1 Å². The van der Waals surface area contributed by atoms with E-state index in [0.29, 0.717) is 5.02 Å². The van der Waals surface area contributed by atoms with Crippen LogP contribution >= 0.6 is 23.2 Å². The number of hydrogen-bond donors (Lipinski definition) is 1. The topological polar surface area (TPSA) is 58.6 Å². The van der Waals surface area contributed by atoms with E-state index in [1.807, 2.05) is 24.3 Å². The van der Waals surface area contributed by atoms with Gasteiger partial charge in [0.1, 0.15) is 5.75 Å². The monoisotopic (exact) mass is 442 g/mol. The number of benzene rings is 2. The van der Waals surface area contributed by atoms with Gasteiger partial charge >= 0.3 is 0 Å². The number of sulfonamides is 1. The van der Waals surface area contributed by atoms with Crippen LogP contribution in [0.2, 0.25) is 10.0 Å². The summed E-state index contributed by atoms with van der Waals surface area (Å²) in [5.41, 5.74) is 1.06. The number of hydrogen-bond acceptors (Lipinski definition) is 4. The van der Waals surface area contributed by atoms with Gasteiger partial charge in [0.05, 0.1) is 22.1 Å². The molecule has 3 rings (SSSR count). The molecule has 0 aliphatic carbocycles. The first-order chi connectivity index (χ1) is 13.4. The minimum absolute atomic E-state index is 0.0521. The average molecular weight is 443 g/mol. The molecule has 152 valence electrons. The summed E-state index contributed by atoms with van der Waals surface area (Å²) in [5.74, 6) is 0.775. The maximum atomic E-state index is 12.8. The van der Waals surface area contributed by atoms with Crippen molar-refractivity contribution >= 4 is 33.2 Å². The highest BCUT2D eigenvalue weighted by Gasteiger charge is 2.25. The first kappa shape index (κ1) is 21.4. The van der Waals surface area contributed by atoms with E-state index in [1.165, 1.54) is 24.6 Å². The number of ether oxygens (including phenoxy) is 1. The molecule has 0 spiro atoms. The van der Waals surface area contributed by atoms with E-state index in [2.05, 4.69) is 9.62 Å². The van der Waals surface area contributed by atoms with E-state index in [9.17, 15) is 8.42 Å². The molecule has 1 fully saturated rings. The van der Waals surface area contributed by atoms with Gasteiger partial charge in [0.25, 0.3) is 0 Å². The second kappa shape index (κ2) is 9.46. The molecular weight excluding hydrogens is 419 g/mol. The summed E-state index contributed by atoms with van der Waals surface area (Å²) in [7, 11) is -2.07. The third kappa shape index (κ3) is 5.19. The van der Waals surface area contributed by atoms with Crippen LogP contribution in [0.15, 0.2) is 47.4 Å². The molecule has 0 radical (unpaired) electrons. The summed E-state index contributed by atoms with van der Waals surface area (Å²) in [6.07, 6.45) is 3.44. The van der Waals surface area contributed by atoms with Crippen molar-refractivity contribution in [2.45, 2.75) is 30.2 Å². The maximum absolute atomic E-state index is 12.8. The number of likely N-dealkylation sites (tertiary alicyclic amines) is 1. The normalized spacial score (nSPS) is 16.7. The Morgan fingerprint density at radius 2 is 1.71 bits per heavy atom. The zero-order valence-electron chi connectivity index (χ0n) is 15.7. The van der Waals surface area contributed by atoms with E-state index in [0.717, 1.165) is 37.2 Å². The van der Waals surface area contributed by atoms with Crippen LogP contribution in [0.3, 0.4) is 0 Å². The molecule has 2 aromatic carbocycles. The molecule has 1 aliphatic rings. The summed E-state index contributed by atoms with van der Waals surface area (Å²) >= 11 is 11.9. The lowest BCUT2D eigenvalue weighted by atomic mass is 10.0. The third-order valence-electron chi connectivity index (χ3n) is 5.00. The van der Waals surface area contributed by atoms with Crippen molar-refractivity contribution in [3.05, 3.63) is 58.1 Å². The highest BCUT2D eigenvalue weighted by atomic mass is 35.5. The molecule has 5 nitrogen and oxygen atoms in total. The van der Waals surface area contributed by atoms with E-state index in [4.69, 9.17) is 27.9 Å². The fourth-order valence-corrected chi connectivity index (χ4v) is 4.86. The minimum Gasteiger partial charge on any atom is -0.497 e. The fourth-order valence-electron chi connectivity index (χ4n) is 3.43. The van der Waals surface area contributed by atoms with Crippen LogP contribution in [0.25, 0.3) is 0 Å². The molecule has 1 atom stereocenters. The number of rotatable bonds is 7. The van der Waals surface area contributed by atoms with Crippen LogP contribution in [0.4, 0.5) is 0 Å². The van der Waals surface area contributed by atoms with Gasteiger partial charge in [-0.05, 0) is 61.8 Å². The molecule has 1 aliphatic heterocycles. The molecule has 1 N–H and O–H groups in total. The van der Waals surface area contributed by atoms with Crippen molar-refractivity contribution in [3.63, 3.8) is 0 Å². The van der Waals surface area contributed by atoms with Crippen LogP contribution in [0, 0.1) is 0 Å². The van der Waals surface area contributed by atoms with E-state index >= 15 is 0 Å². The molecule has 1 heterocycles. The number of piperidine rings is 1. The maximum Gasteiger partial charge on any atom is 0.240 e. The lowest BCUT2D eigenvalue weighted by molar-refractivity contribution is 0.164. The molecule has 1 unspecified atom stereocenters. The Hall–Kier alpha value is -1.31. The lowest BCUT2D eigenvalue weighted by Gasteiger charge is -2.35. The zero-order chi connectivity index (χ0) is 20.1. The first-order valence-corrected chi connectivity index (χ1v) is 11.5. The predicted octanol–water partition coefficient (Wildman–Crippen LogP) is 4.51. The third-order valence-corrected chi connectivity index (χ3v) is 7.16. The van der Waals surface area contributed by atoms with Gasteiger partial charge in [0.15, 0.2) is 0 Å². The van der Waals surface area contributed by atoms with Gasteiger partial charge in [-0.1, -0.05) is 41.8 Å². The summed E-state index contributed by atoms with van der Waals surface area (Å²) in [4.78, 5) is 2.44. The summed E-state index contributed by atoms with van der Waals surface area (Å²) < 4.78 is 33.5. The largest absolute Gasteiger partial charge is 0.497 e. The Bertz CT molecular complexity index is 898. The van der Waals surface area contributed by atoms with Crippen molar-refractivity contribution in [1.82, 2.24) is 9.62 Å². The Balaban J connectivity index is 1.80. The summed E-state index contributed by atoms with van der Waals surface area (Å²) in [5, 5.41) is 0.539. The second-order valence-corrected chi connectivity index (χ2v) is 9.39. The van der Waals surface area contributed by atoms with Crippen molar-refractivity contribution in [2.24, 2.45) is 0 Å². The smallest absolute Gasteiger partial charge is 0.240 e. The van der Waals surface area contributed by atoms with Gasteiger partial charge in [-0.15, -0.1) is 0 Å². The standard InChI is InChI=1S/C20H24Cl2N2O3S/c1-27-16-7-5-15(6-8-16)20(24-11-3-2-4-12-24)14-23-28(25,26)17-9-10-18(21)19(22)13-17/h5-10,13,20,23H,2-4,11-12,14H2,1H3. The number of halogens is 2. The van der Waals surface area contributed by atoms with Crippen molar-refractivity contribution in [3.8, 4) is 5.75 Å². The Morgan fingerprint density at radius 3 is 2.32 bits per heavy atom. The quantitative estimate of drug-likeness (QED) is 0.684. The molecule has 0 aromatic heterocycles. The molecular formula is C20H24Cl2N2O3S. The first-order valence-electron chi connectivity index (χ1n) is 9.23. The van der Waals surface area contributed by atoms with Gasteiger partial charge in [0.2, 0.25) is 10.0 Å². The van der Waals surface area contributed by atoms with Gasteiger partial charge in [0, 0.05) is 12.6 Å². The lowest BCUT2D eigenvalue weighted by Crippen LogP contribution is -2.40. The number of nitrogens with one attached hydrogen (secondary N) is 1. The molecule has 8 heteroatoms. The van der Waals surface area contributed by atoms with Gasteiger partial charge < -0.3 is 4.74 Å². The summed E-state index contributed by atoms with van der Waals surface area (Å²) in [6, 6.07) is 12.1. The van der Waals surface area contributed by atoms with Gasteiger partial charge in [-0.3, -0.25) is 4.90 Å². The fraction of sp³-hybridized carbons (Fsp3) is 0.400. The average Bonchev–Trinajstić information content (AvgIpc) is 2.71. The van der Waals surface area contributed by atoms with Crippen LogP contribution in [0.1, 0.15) is 30.9 Å². The SMILES string of the molecule is COc1ccc(C(CNS(=O)(=O)c2ccc(Cl)c(Cl)c2)N2CCCCC2)cc1. The van der Waals surface area contributed by atoms with Crippen LogP contribution in [-0.2, 0) is 10.0 Å². The Morgan fingerprint density at radius 1 is 1.04 bits per heavy atom. The minimum atomic E-state index is -3.70. The van der Waals surface area contributed by atoms with Crippen LogP contribution in [0.5, 0.6) is 5.75 Å². The van der Waals surface area contributed by atoms with E-state index in [-0.39, 0.29) is 22.5 Å². The highest BCUT2D eigenvalue weighted by molar-refractivity contribution is 7.89. The number of methoxy groups -OCH3 is 1. The second-order valence-electron chi connectivity index (χ2n) is 6.81. The molecule has 0 saturated carbocycles. The van der Waals surface area contributed by atoms with Gasteiger partial charge in [-0.2, -0.15) is 0 Å². The summed E-state index contributed by atoms with van der Waals surface area (Å²) in [6.45, 7) is 2.17. The molecule has 1 saturated heterocycles. The molecule has 28 heavy (non-hydrogen) atoms. The Labute approximate surface area is 176 Å². The molecule has 0 bridgehead atoms. The van der Waals surface area contributed by atoms with E-state index < -0.39 is 10.0 Å². The van der Waals surface area contributed by atoms with Crippen LogP contribution < -0.4 is 9.46 Å². The Kier molecular flexibility index (Phi) is 7.23. The van der Waals surface area contributed by atoms with E-state index in [1.54, 1.807) is 7.11 Å². The highest BCUT2D eigenvalue weighted by Crippen LogP contribution is 2.28. The van der Waals surface area contributed by atoms with Crippen molar-refractivity contribution in [2.75, 3.05) is 26.7 Å². The van der Waals surface area contributed by atoms with Crippen molar-refractivity contribution in [1.29, 1.82) is 0 Å². The van der Waals surface area contributed by atoms with Crippen molar-refractivity contribution < 1.29 is 13.2 Å². The number of nitrogens with zero attached hydrogens (tertiary/aromatic N) is 1. The molecule has 0 amide bonds. The molecule has 2 aromatic rings. The predicted molar refractivity (Wildman–Crippen MR) is 113 cm³/mol. The zero-order valence-corrected chi connectivity index (χ0v) is 18.0. The van der Waals surface area contributed by atoms with Crippen LogP contribution in [-0.4, -0.2) is 40.1 Å².